The summed E-state index contributed by atoms with van der Waals surface area (Å²) in [7, 11) is 1.67. The van der Waals surface area contributed by atoms with Crippen molar-refractivity contribution >= 4 is 53.2 Å². The minimum atomic E-state index is -1.24. The monoisotopic (exact) mass is 586 g/mol. The van der Waals surface area contributed by atoms with E-state index in [-0.39, 0.29) is 23.9 Å². The lowest BCUT2D eigenvalue weighted by Gasteiger charge is -2.49. The van der Waals surface area contributed by atoms with Crippen LogP contribution in [0.1, 0.15) is 11.6 Å². The van der Waals surface area contributed by atoms with Gasteiger partial charge in [0.15, 0.2) is 0 Å². The summed E-state index contributed by atoms with van der Waals surface area (Å²) >= 11 is 2.59. The molecule has 3 atom stereocenters. The van der Waals surface area contributed by atoms with Crippen molar-refractivity contribution in [1.82, 2.24) is 55.9 Å². The molecule has 0 saturated carbocycles. The number of carboxylic acids is 1. The van der Waals surface area contributed by atoms with Crippen LogP contribution in [-0.2, 0) is 32.8 Å². The van der Waals surface area contributed by atoms with Gasteiger partial charge in [0.1, 0.15) is 29.7 Å². The van der Waals surface area contributed by atoms with E-state index in [9.17, 15) is 24.3 Å². The molecule has 3 aromatic rings. The Balaban J connectivity index is 1.29. The predicted molar refractivity (Wildman–Crippen MR) is 139 cm³/mol. The Kier molecular flexibility index (Phi) is 7.65. The van der Waals surface area contributed by atoms with Gasteiger partial charge in [-0.1, -0.05) is 47.2 Å². The van der Waals surface area contributed by atoms with E-state index in [1.807, 2.05) is 0 Å². The highest BCUT2D eigenvalue weighted by Crippen LogP contribution is 2.41. The molecule has 0 spiro atoms. The van der Waals surface area contributed by atoms with Crippen molar-refractivity contribution < 1.29 is 24.3 Å². The maximum absolute atomic E-state index is 13.4. The number of aryl methyl sites for hydroxylation is 1. The summed E-state index contributed by atoms with van der Waals surface area (Å²) in [5, 5.41) is 36.8. The number of benzene rings is 1. The van der Waals surface area contributed by atoms with E-state index in [1.165, 1.54) is 33.1 Å². The first kappa shape index (κ1) is 27.1. The lowest BCUT2D eigenvalue weighted by atomic mass is 10.0. The summed E-state index contributed by atoms with van der Waals surface area (Å²) in [4.78, 5) is 52.6. The van der Waals surface area contributed by atoms with E-state index < -0.39 is 41.1 Å². The van der Waals surface area contributed by atoms with Crippen LogP contribution in [0, 0.1) is 0 Å². The van der Waals surface area contributed by atoms with Crippen molar-refractivity contribution in [2.45, 2.75) is 29.2 Å². The molecule has 19 heteroatoms. The molecular formula is C21H22N12O5S2. The number of tetrazole rings is 2. The number of aromatic nitrogens is 8. The number of nitrogens with one attached hydrogen (secondary N) is 2. The molecule has 17 nitrogen and oxygen atoms in total. The summed E-state index contributed by atoms with van der Waals surface area (Å²) in [6.45, 7) is -0.331. The van der Waals surface area contributed by atoms with Crippen LogP contribution >= 0.6 is 23.5 Å². The molecule has 40 heavy (non-hydrogen) atoms. The topological polar surface area (TPSA) is 229 Å². The number of carboxylic acid groups (broad SMARTS) is 1. The van der Waals surface area contributed by atoms with Gasteiger partial charge in [0, 0.05) is 18.6 Å². The third-order valence-electron chi connectivity index (χ3n) is 6.06. The molecule has 1 aromatic carbocycles. The second-order valence-corrected chi connectivity index (χ2v) is 10.7. The van der Waals surface area contributed by atoms with Crippen LogP contribution in [0.5, 0.6) is 0 Å². The molecule has 208 valence electrons. The van der Waals surface area contributed by atoms with E-state index >= 15 is 0 Å². The van der Waals surface area contributed by atoms with Gasteiger partial charge in [0.2, 0.25) is 22.9 Å². The van der Waals surface area contributed by atoms with Crippen LogP contribution in [0.15, 0.2) is 46.8 Å². The maximum atomic E-state index is 13.4. The number of hydrogen-bond donors (Lipinski definition) is 4. The van der Waals surface area contributed by atoms with Crippen molar-refractivity contribution in [3.63, 3.8) is 0 Å². The highest BCUT2D eigenvalue weighted by molar-refractivity contribution is 8.01. The first-order valence-corrected chi connectivity index (χ1v) is 13.7. The largest absolute Gasteiger partial charge is 0.477 e. The summed E-state index contributed by atoms with van der Waals surface area (Å²) in [6, 6.07) is 6.34. The number of anilines is 1. The Hall–Kier alpha value is -4.52. The lowest BCUT2D eigenvalue weighted by Crippen LogP contribution is -2.71. The Morgan fingerprint density at radius 1 is 1.20 bits per heavy atom. The highest BCUT2D eigenvalue weighted by atomic mass is 32.2. The van der Waals surface area contributed by atoms with E-state index in [4.69, 9.17) is 5.73 Å². The average molecular weight is 587 g/mol. The first-order chi connectivity index (χ1) is 19.2. The SMILES string of the molecule is Cn1nnnc1SCC1=C(C(=O)O)N2C(=O)C(NC(=O)C(NC(=O)Cn3nnnc3N)c3ccccc3)[C@H]2SC1. The summed E-state index contributed by atoms with van der Waals surface area (Å²) in [5.41, 5.74) is 6.51. The maximum Gasteiger partial charge on any atom is 0.352 e. The van der Waals surface area contributed by atoms with Crippen LogP contribution < -0.4 is 16.4 Å². The number of aliphatic carboxylic acids is 1. The molecule has 2 aliphatic heterocycles. The second kappa shape index (κ2) is 11.3. The molecule has 1 fully saturated rings. The van der Waals surface area contributed by atoms with Crippen molar-refractivity contribution in [3.8, 4) is 0 Å². The third-order valence-corrected chi connectivity index (χ3v) is 8.49. The van der Waals surface area contributed by atoms with Gasteiger partial charge < -0.3 is 21.5 Å². The number of rotatable bonds is 10. The Bertz CT molecular complexity index is 1490. The van der Waals surface area contributed by atoms with Crippen molar-refractivity contribution in [2.75, 3.05) is 17.2 Å². The number of nitrogen functional groups attached to an aromatic ring is 1. The molecule has 2 aromatic heterocycles. The highest BCUT2D eigenvalue weighted by Gasteiger charge is 2.54. The zero-order chi connectivity index (χ0) is 28.4. The van der Waals surface area contributed by atoms with E-state index in [0.717, 1.165) is 4.68 Å². The summed E-state index contributed by atoms with van der Waals surface area (Å²) in [6.07, 6.45) is 0. The van der Waals surface area contributed by atoms with E-state index in [1.54, 1.807) is 37.4 Å². The number of amides is 3. The number of carbonyl (C=O) groups is 4. The van der Waals surface area contributed by atoms with Crippen molar-refractivity contribution in [3.05, 3.63) is 47.2 Å². The Labute approximate surface area is 233 Å². The van der Waals surface area contributed by atoms with Gasteiger partial charge in [-0.05, 0) is 32.0 Å². The fourth-order valence-electron chi connectivity index (χ4n) is 4.14. The normalized spacial score (nSPS) is 19.0. The number of β-lactam (4-membered cyclic amide) rings is 1. The van der Waals surface area contributed by atoms with Gasteiger partial charge in [-0.2, -0.15) is 0 Å². The standard InChI is InChI=1S/C21H22N12O5S2/c1-31-21(26-28-29-31)40-9-11-8-39-18-14(17(36)33(18)15(11)19(37)38)24-16(35)13(10-5-3-2-4-6-10)23-12(34)7-32-20(22)25-27-30-32/h2-6,13-14,18H,7-9H2,1H3,(H,23,34)(H,24,35)(H,37,38)(H2,22,25,30)/t13?,14?,18-/m1/s1. The molecule has 5 N–H and O–H groups in total. The molecule has 0 bridgehead atoms. The van der Waals surface area contributed by atoms with Crippen LogP contribution in [0.25, 0.3) is 0 Å². The quantitative estimate of drug-likeness (QED) is 0.151. The van der Waals surface area contributed by atoms with Crippen molar-refractivity contribution in [1.29, 1.82) is 0 Å². The van der Waals surface area contributed by atoms with Gasteiger partial charge in [-0.25, -0.2) is 14.2 Å². The zero-order valence-corrected chi connectivity index (χ0v) is 22.4. The number of fused-ring (bicyclic) bond motifs is 1. The second-order valence-electron chi connectivity index (χ2n) is 8.63. The van der Waals surface area contributed by atoms with Gasteiger partial charge >= 0.3 is 5.97 Å². The first-order valence-electron chi connectivity index (χ1n) is 11.7. The predicted octanol–water partition coefficient (Wildman–Crippen LogP) is -1.83. The fourth-order valence-corrected chi connectivity index (χ4v) is 6.47. The van der Waals surface area contributed by atoms with E-state index in [2.05, 4.69) is 41.7 Å². The smallest absolute Gasteiger partial charge is 0.352 e. The van der Waals surface area contributed by atoms with Gasteiger partial charge in [-0.3, -0.25) is 19.3 Å². The van der Waals surface area contributed by atoms with Crippen LogP contribution in [0.4, 0.5) is 5.95 Å². The number of thioether (sulfide) groups is 2. The molecule has 2 aliphatic rings. The minimum Gasteiger partial charge on any atom is -0.477 e. The molecule has 0 radical (unpaired) electrons. The molecule has 3 amide bonds. The molecule has 5 rings (SSSR count). The summed E-state index contributed by atoms with van der Waals surface area (Å²) in [5.74, 6) is -2.51. The molecule has 1 saturated heterocycles. The fraction of sp³-hybridized carbons (Fsp3) is 0.333. The number of hydrogen-bond acceptors (Lipinski definition) is 13. The molecular weight excluding hydrogens is 564 g/mol. The van der Waals surface area contributed by atoms with E-state index in [0.29, 0.717) is 22.0 Å². The van der Waals surface area contributed by atoms with Crippen LogP contribution in [0.3, 0.4) is 0 Å². The van der Waals surface area contributed by atoms with Crippen LogP contribution in [0.2, 0.25) is 0 Å². The van der Waals surface area contributed by atoms with Crippen LogP contribution in [-0.4, -0.2) is 97.0 Å². The third kappa shape index (κ3) is 5.32. The average Bonchev–Trinajstić information content (AvgIpc) is 3.55. The number of nitrogens with two attached hydrogens (primary N) is 1. The number of carbonyl (C=O) groups excluding carboxylic acids is 3. The molecule has 2 unspecified atom stereocenters. The molecule has 4 heterocycles. The summed E-state index contributed by atoms with van der Waals surface area (Å²) < 4.78 is 2.53. The van der Waals surface area contributed by atoms with Gasteiger partial charge in [0.25, 0.3) is 5.91 Å². The molecule has 0 aliphatic carbocycles. The minimum absolute atomic E-state index is 0.0707. The van der Waals surface area contributed by atoms with Gasteiger partial charge in [-0.15, -0.1) is 16.9 Å². The van der Waals surface area contributed by atoms with Gasteiger partial charge in [0.05, 0.1) is 0 Å². The van der Waals surface area contributed by atoms with Crippen molar-refractivity contribution in [2.24, 2.45) is 7.05 Å². The zero-order valence-electron chi connectivity index (χ0n) is 20.7. The Morgan fingerprint density at radius 2 is 1.95 bits per heavy atom. The number of nitrogens with zero attached hydrogens (tertiary/aromatic N) is 9. The lowest BCUT2D eigenvalue weighted by molar-refractivity contribution is -0.151. The Morgan fingerprint density at radius 3 is 2.60 bits per heavy atom.